The van der Waals surface area contributed by atoms with Crippen LogP contribution in [0.2, 0.25) is 0 Å². The van der Waals surface area contributed by atoms with Gasteiger partial charge in [-0.3, -0.25) is 0 Å². The lowest BCUT2D eigenvalue weighted by atomic mass is 9.63. The normalized spacial score (nSPS) is 20.9. The lowest BCUT2D eigenvalue weighted by Crippen LogP contribution is -2.35. The second-order valence-corrected chi connectivity index (χ2v) is 12.1. The van der Waals surface area contributed by atoms with E-state index in [0.717, 1.165) is 5.75 Å². The summed E-state index contributed by atoms with van der Waals surface area (Å²) in [6.07, 6.45) is 11.9. The van der Waals surface area contributed by atoms with Crippen LogP contribution in [0.4, 0.5) is 0 Å². The fraction of sp³-hybridized carbons (Fsp3) is 0.500. The summed E-state index contributed by atoms with van der Waals surface area (Å²) in [6, 6.07) is 14.0. The molecule has 2 unspecified atom stereocenters. The molecule has 0 saturated carbocycles. The van der Waals surface area contributed by atoms with Gasteiger partial charge in [0.1, 0.15) is 5.75 Å². The van der Waals surface area contributed by atoms with E-state index in [2.05, 4.69) is 109 Å². The molecular formula is C32H42O. The van der Waals surface area contributed by atoms with Crippen LogP contribution in [0.3, 0.4) is 0 Å². The molecule has 1 nitrogen and oxygen atoms in total. The number of hydrogen-bond acceptors (Lipinski definition) is 1. The van der Waals surface area contributed by atoms with Gasteiger partial charge in [0.2, 0.25) is 0 Å². The lowest BCUT2D eigenvalue weighted by Gasteiger charge is -2.40. The molecule has 2 atom stereocenters. The van der Waals surface area contributed by atoms with Gasteiger partial charge < -0.3 is 4.74 Å². The van der Waals surface area contributed by atoms with Crippen LogP contribution in [0, 0.1) is 17.8 Å². The summed E-state index contributed by atoms with van der Waals surface area (Å²) in [4.78, 5) is 0. The highest BCUT2D eigenvalue weighted by molar-refractivity contribution is 5.74. The van der Waals surface area contributed by atoms with Gasteiger partial charge in [0.15, 0.2) is 0 Å². The number of hydrogen-bond donors (Lipinski definition) is 0. The fourth-order valence-corrected chi connectivity index (χ4v) is 6.49. The highest BCUT2D eigenvalue weighted by atomic mass is 16.5. The SMILES string of the molecule is COc1ccc(C(C)(C)C)cc1-c1ccc2c(c1)C(CC(C)C)(CC(C)C)C1C=CC=CC21. The van der Waals surface area contributed by atoms with E-state index in [9.17, 15) is 0 Å². The van der Waals surface area contributed by atoms with Gasteiger partial charge in [-0.25, -0.2) is 0 Å². The topological polar surface area (TPSA) is 9.23 Å². The Kier molecular flexibility index (Phi) is 6.38. The third kappa shape index (κ3) is 4.32. The van der Waals surface area contributed by atoms with Gasteiger partial charge >= 0.3 is 0 Å². The Labute approximate surface area is 202 Å². The number of fused-ring (bicyclic) bond motifs is 3. The predicted octanol–water partition coefficient (Wildman–Crippen LogP) is 8.83. The number of ether oxygens (including phenoxy) is 1. The summed E-state index contributed by atoms with van der Waals surface area (Å²) in [5.41, 5.74) is 7.19. The molecular weight excluding hydrogens is 400 g/mol. The van der Waals surface area contributed by atoms with Gasteiger partial charge in [-0.15, -0.1) is 0 Å². The number of benzene rings is 2. The maximum atomic E-state index is 5.84. The van der Waals surface area contributed by atoms with Crippen molar-refractivity contribution in [3.63, 3.8) is 0 Å². The minimum atomic E-state index is 0.0985. The lowest BCUT2D eigenvalue weighted by molar-refractivity contribution is 0.224. The molecule has 2 aromatic carbocycles. The zero-order valence-corrected chi connectivity index (χ0v) is 21.9. The Morgan fingerprint density at radius 1 is 0.879 bits per heavy atom. The van der Waals surface area contributed by atoms with Gasteiger partial charge in [-0.05, 0) is 70.4 Å². The average Bonchev–Trinajstić information content (AvgIpc) is 3.01. The number of rotatable bonds is 6. The summed E-state index contributed by atoms with van der Waals surface area (Å²) >= 11 is 0. The average molecular weight is 443 g/mol. The minimum Gasteiger partial charge on any atom is -0.496 e. The number of methoxy groups -OCH3 is 1. The smallest absolute Gasteiger partial charge is 0.126 e. The Bertz CT molecular complexity index is 1050. The summed E-state index contributed by atoms with van der Waals surface area (Å²) < 4.78 is 5.84. The predicted molar refractivity (Wildman–Crippen MR) is 142 cm³/mol. The van der Waals surface area contributed by atoms with Crippen molar-refractivity contribution in [2.24, 2.45) is 17.8 Å². The second kappa shape index (κ2) is 8.82. The Hall–Kier alpha value is -2.28. The molecule has 0 spiro atoms. The van der Waals surface area contributed by atoms with E-state index in [0.29, 0.717) is 23.7 Å². The van der Waals surface area contributed by atoms with Crippen molar-refractivity contribution in [1.29, 1.82) is 0 Å². The standard InChI is InChI=1S/C32H42O/c1-21(2)19-32(20-22(3)4)28-12-10-9-11-25(28)26-15-13-23(17-29(26)32)27-18-24(31(5,6)7)14-16-30(27)33-8/h9-18,21-22,25,28H,19-20H2,1-8H3. The van der Waals surface area contributed by atoms with Crippen molar-refractivity contribution >= 4 is 0 Å². The van der Waals surface area contributed by atoms with Crippen molar-refractivity contribution < 1.29 is 4.74 Å². The van der Waals surface area contributed by atoms with E-state index in [4.69, 9.17) is 4.74 Å². The van der Waals surface area contributed by atoms with Crippen LogP contribution in [0.1, 0.15) is 83.9 Å². The molecule has 1 heteroatoms. The molecule has 4 rings (SSSR count). The maximum Gasteiger partial charge on any atom is 0.126 e. The Balaban J connectivity index is 1.93. The highest BCUT2D eigenvalue weighted by Crippen LogP contribution is 2.59. The quantitative estimate of drug-likeness (QED) is 0.434. The van der Waals surface area contributed by atoms with Crippen LogP contribution < -0.4 is 4.74 Å². The molecule has 2 aliphatic rings. The monoisotopic (exact) mass is 442 g/mol. The van der Waals surface area contributed by atoms with Crippen molar-refractivity contribution in [3.05, 3.63) is 77.4 Å². The molecule has 0 radical (unpaired) electrons. The van der Waals surface area contributed by atoms with E-state index in [1.807, 2.05) is 0 Å². The van der Waals surface area contributed by atoms with E-state index < -0.39 is 0 Å². The molecule has 0 bridgehead atoms. The van der Waals surface area contributed by atoms with E-state index in [1.165, 1.54) is 35.1 Å². The molecule has 2 aliphatic carbocycles. The molecule has 0 amide bonds. The van der Waals surface area contributed by atoms with Crippen molar-refractivity contribution in [1.82, 2.24) is 0 Å². The van der Waals surface area contributed by atoms with Crippen molar-refractivity contribution in [3.8, 4) is 16.9 Å². The summed E-state index contributed by atoms with van der Waals surface area (Å²) in [7, 11) is 1.79. The van der Waals surface area contributed by atoms with E-state index in [-0.39, 0.29) is 10.8 Å². The maximum absolute atomic E-state index is 5.84. The summed E-state index contributed by atoms with van der Waals surface area (Å²) in [5, 5.41) is 0. The molecule has 2 aromatic rings. The van der Waals surface area contributed by atoms with Crippen molar-refractivity contribution in [2.75, 3.05) is 7.11 Å². The van der Waals surface area contributed by atoms with E-state index >= 15 is 0 Å². The molecule has 176 valence electrons. The van der Waals surface area contributed by atoms with Gasteiger partial charge in [-0.1, -0.05) is 97.0 Å². The first kappa shape index (κ1) is 23.9. The molecule has 0 saturated heterocycles. The zero-order valence-electron chi connectivity index (χ0n) is 21.9. The molecule has 0 heterocycles. The third-order valence-corrected chi connectivity index (χ3v) is 7.64. The second-order valence-electron chi connectivity index (χ2n) is 12.1. The largest absolute Gasteiger partial charge is 0.496 e. The van der Waals surface area contributed by atoms with Gasteiger partial charge in [0, 0.05) is 16.9 Å². The zero-order chi connectivity index (χ0) is 24.0. The van der Waals surface area contributed by atoms with Crippen LogP contribution in [-0.2, 0) is 10.8 Å². The Morgan fingerprint density at radius 3 is 2.15 bits per heavy atom. The van der Waals surface area contributed by atoms with Crippen LogP contribution in [-0.4, -0.2) is 7.11 Å². The van der Waals surface area contributed by atoms with Gasteiger partial charge in [0.05, 0.1) is 7.11 Å². The first-order valence-electron chi connectivity index (χ1n) is 12.7. The molecule has 0 N–H and O–H groups in total. The first-order chi connectivity index (χ1) is 15.6. The Morgan fingerprint density at radius 2 is 1.55 bits per heavy atom. The van der Waals surface area contributed by atoms with Crippen LogP contribution >= 0.6 is 0 Å². The molecule has 0 aromatic heterocycles. The highest BCUT2D eigenvalue weighted by Gasteiger charge is 2.50. The van der Waals surface area contributed by atoms with Gasteiger partial charge in [0.25, 0.3) is 0 Å². The fourth-order valence-electron chi connectivity index (χ4n) is 6.49. The third-order valence-electron chi connectivity index (χ3n) is 7.64. The van der Waals surface area contributed by atoms with Gasteiger partial charge in [-0.2, -0.15) is 0 Å². The van der Waals surface area contributed by atoms with Crippen LogP contribution in [0.5, 0.6) is 5.75 Å². The first-order valence-corrected chi connectivity index (χ1v) is 12.7. The minimum absolute atomic E-state index is 0.0985. The van der Waals surface area contributed by atoms with E-state index in [1.54, 1.807) is 12.7 Å². The number of allylic oxidation sites excluding steroid dienone is 4. The summed E-state index contributed by atoms with van der Waals surface area (Å²) in [5.74, 6) is 3.28. The van der Waals surface area contributed by atoms with Crippen LogP contribution in [0.25, 0.3) is 11.1 Å². The van der Waals surface area contributed by atoms with Crippen LogP contribution in [0.15, 0.2) is 60.7 Å². The molecule has 0 aliphatic heterocycles. The summed E-state index contributed by atoms with van der Waals surface area (Å²) in [6.45, 7) is 16.4. The van der Waals surface area contributed by atoms with Crippen molar-refractivity contribution in [2.45, 2.75) is 78.1 Å². The molecule has 0 fully saturated rings. The molecule has 33 heavy (non-hydrogen) atoms.